The zero-order valence-electron chi connectivity index (χ0n) is 10.2. The summed E-state index contributed by atoms with van der Waals surface area (Å²) in [6.45, 7) is 5.91. The molecule has 0 fully saturated rings. The summed E-state index contributed by atoms with van der Waals surface area (Å²) in [5.41, 5.74) is 5.93. The average Bonchev–Trinajstić information content (AvgIpc) is 2.20. The Morgan fingerprint density at radius 2 is 2.24 bits per heavy atom. The van der Waals surface area contributed by atoms with E-state index >= 15 is 0 Å². The summed E-state index contributed by atoms with van der Waals surface area (Å²) >= 11 is 3.29. The summed E-state index contributed by atoms with van der Waals surface area (Å²) in [5.74, 6) is 0. The van der Waals surface area contributed by atoms with Gasteiger partial charge in [0.1, 0.15) is 10.7 Å². The molecule has 1 heterocycles. The predicted molar refractivity (Wildman–Crippen MR) is 69.6 cm³/mol. The average molecular weight is 301 g/mol. The minimum atomic E-state index is -0.737. The molecule has 2 N–H and O–H groups in total. The van der Waals surface area contributed by atoms with Crippen LogP contribution in [0.2, 0.25) is 0 Å². The predicted octanol–water partition coefficient (Wildman–Crippen LogP) is 2.90. The highest BCUT2D eigenvalue weighted by molar-refractivity contribution is 9.10. The molecule has 0 bridgehead atoms. The molecule has 0 radical (unpaired) electrons. The Morgan fingerprint density at radius 1 is 1.59 bits per heavy atom. The molecule has 0 spiro atoms. The van der Waals surface area contributed by atoms with Gasteiger partial charge in [0.15, 0.2) is 0 Å². The molecule has 1 aromatic heterocycles. The highest BCUT2D eigenvalue weighted by atomic mass is 79.9. The largest absolute Gasteiger partial charge is 0.446 e. The van der Waals surface area contributed by atoms with Crippen LogP contribution in [-0.4, -0.2) is 17.2 Å². The van der Waals surface area contributed by atoms with Gasteiger partial charge in [-0.25, -0.2) is 9.78 Å². The first kappa shape index (κ1) is 14.0. The molecule has 1 rings (SSSR count). The second kappa shape index (κ2) is 5.49. The SMILES string of the molecule is C[C@H](OC(N)=O)C(C)(C)Cc1ccc(Br)nc1. The van der Waals surface area contributed by atoms with Crippen LogP contribution in [0.5, 0.6) is 0 Å². The van der Waals surface area contributed by atoms with E-state index in [0.29, 0.717) is 0 Å². The molecule has 17 heavy (non-hydrogen) atoms. The van der Waals surface area contributed by atoms with Crippen LogP contribution in [0.25, 0.3) is 0 Å². The third-order valence-corrected chi connectivity index (χ3v) is 3.31. The number of carbonyl (C=O) groups excluding carboxylic acids is 1. The van der Waals surface area contributed by atoms with Crippen LogP contribution in [0.15, 0.2) is 22.9 Å². The van der Waals surface area contributed by atoms with E-state index in [0.717, 1.165) is 16.6 Å². The lowest BCUT2D eigenvalue weighted by Gasteiger charge is -2.30. The number of nitrogens with two attached hydrogens (primary N) is 1. The Kier molecular flexibility index (Phi) is 4.51. The fourth-order valence-corrected chi connectivity index (χ4v) is 1.75. The third-order valence-electron chi connectivity index (χ3n) is 2.84. The third kappa shape index (κ3) is 4.34. The van der Waals surface area contributed by atoms with Gasteiger partial charge in [-0.15, -0.1) is 0 Å². The van der Waals surface area contributed by atoms with Crippen molar-refractivity contribution in [1.82, 2.24) is 4.98 Å². The molecule has 0 saturated heterocycles. The maximum absolute atomic E-state index is 10.7. The molecule has 1 aromatic rings. The zero-order chi connectivity index (χ0) is 13.1. The van der Waals surface area contributed by atoms with Crippen molar-refractivity contribution in [3.05, 3.63) is 28.5 Å². The van der Waals surface area contributed by atoms with Gasteiger partial charge in [-0.1, -0.05) is 19.9 Å². The van der Waals surface area contributed by atoms with Gasteiger partial charge in [0, 0.05) is 11.6 Å². The van der Waals surface area contributed by atoms with E-state index in [1.54, 1.807) is 0 Å². The molecule has 0 aliphatic carbocycles. The molecule has 0 saturated carbocycles. The summed E-state index contributed by atoms with van der Waals surface area (Å²) in [4.78, 5) is 14.9. The Bertz CT molecular complexity index is 390. The first-order valence-corrected chi connectivity index (χ1v) is 6.17. The Balaban J connectivity index is 2.71. The maximum atomic E-state index is 10.7. The number of carbonyl (C=O) groups is 1. The van der Waals surface area contributed by atoms with E-state index < -0.39 is 6.09 Å². The second-order valence-electron chi connectivity index (χ2n) is 4.73. The number of amides is 1. The van der Waals surface area contributed by atoms with E-state index in [1.165, 1.54) is 0 Å². The highest BCUT2D eigenvalue weighted by Crippen LogP contribution is 2.28. The van der Waals surface area contributed by atoms with Gasteiger partial charge in [0.25, 0.3) is 0 Å². The van der Waals surface area contributed by atoms with Crippen LogP contribution < -0.4 is 5.73 Å². The fraction of sp³-hybridized carbons (Fsp3) is 0.500. The Hall–Kier alpha value is -1.10. The van der Waals surface area contributed by atoms with E-state index in [9.17, 15) is 4.79 Å². The fourth-order valence-electron chi connectivity index (χ4n) is 1.51. The monoisotopic (exact) mass is 300 g/mol. The van der Waals surface area contributed by atoms with Gasteiger partial charge in [-0.2, -0.15) is 0 Å². The number of hydrogen-bond donors (Lipinski definition) is 1. The Labute approximate surface area is 110 Å². The minimum absolute atomic E-state index is 0.190. The molecule has 1 atom stereocenters. The number of rotatable bonds is 4. The summed E-state index contributed by atoms with van der Waals surface area (Å²) in [5, 5.41) is 0. The summed E-state index contributed by atoms with van der Waals surface area (Å²) in [7, 11) is 0. The Morgan fingerprint density at radius 3 is 2.71 bits per heavy atom. The van der Waals surface area contributed by atoms with Crippen molar-refractivity contribution in [3.8, 4) is 0 Å². The van der Waals surface area contributed by atoms with Gasteiger partial charge < -0.3 is 10.5 Å². The van der Waals surface area contributed by atoms with Crippen molar-refractivity contribution < 1.29 is 9.53 Å². The number of hydrogen-bond acceptors (Lipinski definition) is 3. The standard InChI is InChI=1S/C12H17BrN2O2/c1-8(17-11(14)16)12(2,3)6-9-4-5-10(13)15-7-9/h4-5,7-8H,6H2,1-3H3,(H2,14,16)/t8-/m0/s1. The van der Waals surface area contributed by atoms with Gasteiger partial charge in [-0.3, -0.25) is 0 Å². The number of ether oxygens (including phenoxy) is 1. The van der Waals surface area contributed by atoms with E-state index in [1.807, 2.05) is 39.1 Å². The van der Waals surface area contributed by atoms with Crippen molar-refractivity contribution in [2.75, 3.05) is 0 Å². The molecular formula is C12H17BrN2O2. The number of aromatic nitrogens is 1. The van der Waals surface area contributed by atoms with Crippen LogP contribution in [0.3, 0.4) is 0 Å². The van der Waals surface area contributed by atoms with Crippen molar-refractivity contribution in [2.45, 2.75) is 33.3 Å². The van der Waals surface area contributed by atoms with E-state index in [-0.39, 0.29) is 11.5 Å². The molecular weight excluding hydrogens is 284 g/mol. The second-order valence-corrected chi connectivity index (χ2v) is 5.55. The van der Waals surface area contributed by atoms with E-state index in [2.05, 4.69) is 20.9 Å². The number of primary amides is 1. The smallest absolute Gasteiger partial charge is 0.404 e. The summed E-state index contributed by atoms with van der Waals surface area (Å²) in [6.07, 6.45) is 1.59. The summed E-state index contributed by atoms with van der Waals surface area (Å²) < 4.78 is 5.83. The highest BCUT2D eigenvalue weighted by Gasteiger charge is 2.28. The molecule has 4 nitrogen and oxygen atoms in total. The van der Waals surface area contributed by atoms with Crippen LogP contribution in [0.4, 0.5) is 4.79 Å². The maximum Gasteiger partial charge on any atom is 0.404 e. The van der Waals surface area contributed by atoms with Crippen LogP contribution >= 0.6 is 15.9 Å². The van der Waals surface area contributed by atoms with Crippen molar-refractivity contribution in [1.29, 1.82) is 0 Å². The molecule has 5 heteroatoms. The minimum Gasteiger partial charge on any atom is -0.446 e. The van der Waals surface area contributed by atoms with E-state index in [4.69, 9.17) is 10.5 Å². The lowest BCUT2D eigenvalue weighted by Crippen LogP contribution is -2.35. The number of pyridine rings is 1. The molecule has 0 aromatic carbocycles. The molecule has 1 amide bonds. The van der Waals surface area contributed by atoms with Crippen LogP contribution in [0.1, 0.15) is 26.3 Å². The molecule has 0 aliphatic heterocycles. The molecule has 0 unspecified atom stereocenters. The van der Waals surface area contributed by atoms with Crippen LogP contribution in [-0.2, 0) is 11.2 Å². The first-order valence-electron chi connectivity index (χ1n) is 5.38. The molecule has 94 valence electrons. The number of halogens is 1. The lowest BCUT2D eigenvalue weighted by molar-refractivity contribution is 0.0403. The van der Waals surface area contributed by atoms with Gasteiger partial charge in [0.05, 0.1) is 0 Å². The zero-order valence-corrected chi connectivity index (χ0v) is 11.8. The van der Waals surface area contributed by atoms with Crippen molar-refractivity contribution in [2.24, 2.45) is 11.1 Å². The lowest BCUT2D eigenvalue weighted by atomic mass is 9.81. The number of nitrogens with zero attached hydrogens (tertiary/aromatic N) is 1. The van der Waals surface area contributed by atoms with Gasteiger partial charge in [0.2, 0.25) is 0 Å². The normalized spacial score (nSPS) is 13.2. The molecule has 0 aliphatic rings. The van der Waals surface area contributed by atoms with Gasteiger partial charge >= 0.3 is 6.09 Å². The van der Waals surface area contributed by atoms with Gasteiger partial charge in [-0.05, 0) is 40.9 Å². The summed E-state index contributed by atoms with van der Waals surface area (Å²) in [6, 6.07) is 3.89. The van der Waals surface area contributed by atoms with Crippen LogP contribution in [0, 0.1) is 5.41 Å². The first-order chi connectivity index (χ1) is 7.81. The van der Waals surface area contributed by atoms with Crippen molar-refractivity contribution >= 4 is 22.0 Å². The quantitative estimate of drug-likeness (QED) is 0.870. The topological polar surface area (TPSA) is 65.2 Å². The van der Waals surface area contributed by atoms with Crippen molar-refractivity contribution in [3.63, 3.8) is 0 Å².